The van der Waals surface area contributed by atoms with Crippen molar-refractivity contribution in [2.75, 3.05) is 0 Å². The first-order valence-electron chi connectivity index (χ1n) is 6.88. The topological polar surface area (TPSA) is 17.8 Å². The van der Waals surface area contributed by atoms with Gasteiger partial charge in [-0.15, -0.1) is 0 Å². The Morgan fingerprint density at radius 1 is 1.39 bits per heavy atom. The van der Waals surface area contributed by atoms with Crippen molar-refractivity contribution >= 4 is 0 Å². The van der Waals surface area contributed by atoms with E-state index in [-0.39, 0.29) is 18.8 Å². The Kier molecular flexibility index (Phi) is 2.72. The van der Waals surface area contributed by atoms with Crippen LogP contribution in [0.5, 0.6) is 0 Å². The van der Waals surface area contributed by atoms with E-state index in [9.17, 15) is 8.78 Å². The summed E-state index contributed by atoms with van der Waals surface area (Å²) in [6.07, 6.45) is 4.07. The van der Waals surface area contributed by atoms with Crippen molar-refractivity contribution in [3.8, 4) is 0 Å². The molecule has 1 aromatic rings. The van der Waals surface area contributed by atoms with E-state index in [1.807, 2.05) is 6.20 Å². The third-order valence-electron chi connectivity index (χ3n) is 4.56. The molecule has 0 saturated heterocycles. The zero-order valence-electron chi connectivity index (χ0n) is 11.0. The minimum atomic E-state index is -2.45. The molecule has 3 rings (SSSR count). The first-order valence-corrected chi connectivity index (χ1v) is 6.88. The third kappa shape index (κ3) is 1.95. The summed E-state index contributed by atoms with van der Waals surface area (Å²) in [7, 11) is 0. The Morgan fingerprint density at radius 2 is 2.11 bits per heavy atom. The van der Waals surface area contributed by atoms with Crippen LogP contribution in [0, 0.1) is 11.8 Å². The molecule has 2 nitrogen and oxygen atoms in total. The number of fused-ring (bicyclic) bond motifs is 1. The molecule has 0 N–H and O–H groups in total. The number of hydrogen-bond acceptors (Lipinski definition) is 1. The number of nitrogens with zero attached hydrogens (tertiary/aromatic N) is 2. The molecule has 1 aliphatic heterocycles. The van der Waals surface area contributed by atoms with Gasteiger partial charge >= 0.3 is 0 Å². The van der Waals surface area contributed by atoms with Crippen LogP contribution in [0.4, 0.5) is 8.78 Å². The first-order chi connectivity index (χ1) is 8.46. The molecule has 1 unspecified atom stereocenters. The van der Waals surface area contributed by atoms with Gasteiger partial charge in [-0.2, -0.15) is 0 Å². The molecule has 0 spiro atoms. The molecule has 1 saturated carbocycles. The zero-order valence-corrected chi connectivity index (χ0v) is 11.0. The van der Waals surface area contributed by atoms with E-state index in [0.717, 1.165) is 25.2 Å². The molecule has 1 atom stereocenters. The highest BCUT2D eigenvalue weighted by atomic mass is 19.3. The summed E-state index contributed by atoms with van der Waals surface area (Å²) < 4.78 is 28.1. The van der Waals surface area contributed by atoms with Gasteiger partial charge in [-0.3, -0.25) is 0 Å². The molecule has 2 heterocycles. The number of alkyl halides is 2. The Bertz CT molecular complexity index is 443. The summed E-state index contributed by atoms with van der Waals surface area (Å²) >= 11 is 0. The van der Waals surface area contributed by atoms with Crippen LogP contribution in [0.2, 0.25) is 0 Å². The third-order valence-corrected chi connectivity index (χ3v) is 4.56. The summed E-state index contributed by atoms with van der Waals surface area (Å²) in [5.41, 5.74) is 1.24. The molecule has 1 aliphatic carbocycles. The van der Waals surface area contributed by atoms with Gasteiger partial charge in [0.1, 0.15) is 5.82 Å². The molecule has 1 aromatic heterocycles. The second kappa shape index (κ2) is 4.04. The molecular weight excluding hydrogens is 234 g/mol. The minimum Gasteiger partial charge on any atom is -0.332 e. The maximum absolute atomic E-state index is 12.9. The highest BCUT2D eigenvalue weighted by Gasteiger charge is 2.48. The summed E-state index contributed by atoms with van der Waals surface area (Å²) in [5, 5.41) is 0. The van der Waals surface area contributed by atoms with Gasteiger partial charge < -0.3 is 4.57 Å². The summed E-state index contributed by atoms with van der Waals surface area (Å²) in [4.78, 5) is 4.41. The van der Waals surface area contributed by atoms with Crippen LogP contribution in [0.3, 0.4) is 0 Å². The molecule has 0 aromatic carbocycles. The normalized spacial score (nSPS) is 27.1. The van der Waals surface area contributed by atoms with E-state index in [0.29, 0.717) is 11.8 Å². The Labute approximate surface area is 106 Å². The fraction of sp³-hybridized carbons (Fsp3) is 0.786. The van der Waals surface area contributed by atoms with Gasteiger partial charge in [-0.05, 0) is 24.7 Å². The van der Waals surface area contributed by atoms with E-state index in [2.05, 4.69) is 23.4 Å². The monoisotopic (exact) mass is 254 g/mol. The van der Waals surface area contributed by atoms with Crippen molar-refractivity contribution < 1.29 is 8.78 Å². The number of imidazole rings is 1. The lowest BCUT2D eigenvalue weighted by molar-refractivity contribution is -0.0892. The maximum atomic E-state index is 12.9. The van der Waals surface area contributed by atoms with Crippen molar-refractivity contribution in [1.82, 2.24) is 9.55 Å². The van der Waals surface area contributed by atoms with Crippen molar-refractivity contribution in [3.05, 3.63) is 17.7 Å². The highest BCUT2D eigenvalue weighted by molar-refractivity contribution is 5.16. The van der Waals surface area contributed by atoms with E-state index in [1.165, 1.54) is 5.69 Å². The first kappa shape index (κ1) is 12.1. The van der Waals surface area contributed by atoms with Crippen molar-refractivity contribution in [1.29, 1.82) is 0 Å². The van der Waals surface area contributed by atoms with Gasteiger partial charge in [0.05, 0.1) is 0 Å². The van der Waals surface area contributed by atoms with Crippen LogP contribution in [-0.4, -0.2) is 15.5 Å². The lowest BCUT2D eigenvalue weighted by Gasteiger charge is -2.36. The molecule has 1 fully saturated rings. The molecular formula is C14H20F2N2. The number of aromatic nitrogens is 2. The van der Waals surface area contributed by atoms with Crippen LogP contribution in [0.15, 0.2) is 6.20 Å². The van der Waals surface area contributed by atoms with Gasteiger partial charge in [-0.1, -0.05) is 13.8 Å². The van der Waals surface area contributed by atoms with Crippen molar-refractivity contribution in [3.63, 3.8) is 0 Å². The second-order valence-corrected chi connectivity index (χ2v) is 6.22. The summed E-state index contributed by atoms with van der Waals surface area (Å²) in [6.45, 7) is 5.46. The SMILES string of the molecule is CC(C)C1CCn2c(cnc2C2CC(F)(F)C2)C1. The molecule has 0 radical (unpaired) electrons. The smallest absolute Gasteiger partial charge is 0.249 e. The maximum Gasteiger partial charge on any atom is 0.249 e. The Hall–Kier alpha value is -0.930. The molecule has 0 bridgehead atoms. The number of hydrogen-bond donors (Lipinski definition) is 0. The Balaban J connectivity index is 1.77. The van der Waals surface area contributed by atoms with E-state index < -0.39 is 5.92 Å². The zero-order chi connectivity index (χ0) is 12.9. The highest BCUT2D eigenvalue weighted by Crippen LogP contribution is 2.48. The minimum absolute atomic E-state index is 0.0168. The van der Waals surface area contributed by atoms with E-state index in [1.54, 1.807) is 0 Å². The number of rotatable bonds is 2. The fourth-order valence-electron chi connectivity index (χ4n) is 3.25. The molecule has 0 amide bonds. The van der Waals surface area contributed by atoms with Crippen LogP contribution < -0.4 is 0 Å². The van der Waals surface area contributed by atoms with Crippen molar-refractivity contribution in [2.45, 2.75) is 57.9 Å². The molecule has 2 aliphatic rings. The van der Waals surface area contributed by atoms with Gasteiger partial charge in [0.15, 0.2) is 0 Å². The van der Waals surface area contributed by atoms with Gasteiger partial charge in [0.25, 0.3) is 0 Å². The average molecular weight is 254 g/mol. The second-order valence-electron chi connectivity index (χ2n) is 6.22. The van der Waals surface area contributed by atoms with Gasteiger partial charge in [0.2, 0.25) is 5.92 Å². The lowest BCUT2D eigenvalue weighted by atomic mass is 9.80. The lowest BCUT2D eigenvalue weighted by Crippen LogP contribution is -2.36. The predicted octanol–water partition coefficient (Wildman–Crippen LogP) is 3.61. The van der Waals surface area contributed by atoms with E-state index in [4.69, 9.17) is 0 Å². The van der Waals surface area contributed by atoms with Crippen LogP contribution in [0.25, 0.3) is 0 Å². The van der Waals surface area contributed by atoms with Gasteiger partial charge in [-0.25, -0.2) is 13.8 Å². The van der Waals surface area contributed by atoms with Crippen molar-refractivity contribution in [2.24, 2.45) is 11.8 Å². The van der Waals surface area contributed by atoms with E-state index >= 15 is 0 Å². The quantitative estimate of drug-likeness (QED) is 0.788. The Morgan fingerprint density at radius 3 is 2.72 bits per heavy atom. The fourth-order valence-corrected chi connectivity index (χ4v) is 3.25. The van der Waals surface area contributed by atoms with Gasteiger partial charge in [0, 0.05) is 37.2 Å². The standard InChI is InChI=1S/C14H20F2N2/c1-9(2)10-3-4-18-12(5-10)8-17-13(18)11-6-14(15,16)7-11/h8-11H,3-7H2,1-2H3. The number of halogens is 2. The van der Waals surface area contributed by atoms with Crippen LogP contribution >= 0.6 is 0 Å². The predicted molar refractivity (Wildman–Crippen MR) is 65.8 cm³/mol. The molecule has 100 valence electrons. The van der Waals surface area contributed by atoms with Crippen LogP contribution in [-0.2, 0) is 13.0 Å². The molecule has 4 heteroatoms. The van der Waals surface area contributed by atoms with Crippen LogP contribution in [0.1, 0.15) is 50.5 Å². The summed E-state index contributed by atoms with van der Waals surface area (Å²) in [6, 6.07) is 0. The summed E-state index contributed by atoms with van der Waals surface area (Å²) in [5.74, 6) is -0.177. The molecule has 18 heavy (non-hydrogen) atoms. The largest absolute Gasteiger partial charge is 0.332 e. The average Bonchev–Trinajstić information content (AvgIpc) is 2.67.